The van der Waals surface area contributed by atoms with Crippen LogP contribution >= 0.6 is 0 Å². The van der Waals surface area contributed by atoms with Crippen LogP contribution in [-0.2, 0) is 16.0 Å². The molecule has 1 rings (SSSR count). The number of halogens is 1. The molecule has 13 heavy (non-hydrogen) atoms. The van der Waals surface area contributed by atoms with Crippen LogP contribution in [0.4, 0.5) is 10.1 Å². The molecule has 0 heterocycles. The third kappa shape index (κ3) is 2.43. The molecule has 1 aromatic carbocycles. The lowest BCUT2D eigenvalue weighted by molar-refractivity contribution is -0.139. The summed E-state index contributed by atoms with van der Waals surface area (Å²) in [6.45, 7) is 0. The minimum absolute atomic E-state index is 0.0669. The van der Waals surface area contributed by atoms with E-state index >= 15 is 0 Å². The zero-order valence-corrected chi connectivity index (χ0v) is 7.21. The van der Waals surface area contributed by atoms with E-state index in [1.165, 1.54) is 19.2 Å². The first-order valence-electron chi connectivity index (χ1n) is 3.74. The molecule has 0 aromatic heterocycles. The van der Waals surface area contributed by atoms with Gasteiger partial charge < -0.3 is 10.5 Å². The Kier molecular flexibility index (Phi) is 2.84. The van der Waals surface area contributed by atoms with Crippen molar-refractivity contribution in [2.45, 2.75) is 6.42 Å². The number of rotatable bonds is 2. The monoisotopic (exact) mass is 183 g/mol. The summed E-state index contributed by atoms with van der Waals surface area (Å²) in [6.07, 6.45) is -0.0669. The molecule has 0 aliphatic heterocycles. The van der Waals surface area contributed by atoms with Gasteiger partial charge in [0, 0.05) is 5.69 Å². The van der Waals surface area contributed by atoms with Crippen molar-refractivity contribution in [3.8, 4) is 0 Å². The van der Waals surface area contributed by atoms with Crippen molar-refractivity contribution in [1.82, 2.24) is 0 Å². The summed E-state index contributed by atoms with van der Waals surface area (Å²) >= 11 is 0. The number of carbonyl (C=O) groups is 1. The number of nitrogens with two attached hydrogens (primary N) is 1. The van der Waals surface area contributed by atoms with E-state index in [1.807, 2.05) is 0 Å². The van der Waals surface area contributed by atoms with E-state index in [-0.39, 0.29) is 6.42 Å². The van der Waals surface area contributed by atoms with Crippen molar-refractivity contribution in [3.63, 3.8) is 0 Å². The van der Waals surface area contributed by atoms with Crippen molar-refractivity contribution in [2.75, 3.05) is 12.8 Å². The average Bonchev–Trinajstić information content (AvgIpc) is 2.09. The summed E-state index contributed by atoms with van der Waals surface area (Å²) in [4.78, 5) is 10.8. The number of carbonyl (C=O) groups excluding carboxylic acids is 1. The highest BCUT2D eigenvalue weighted by Crippen LogP contribution is 2.12. The highest BCUT2D eigenvalue weighted by atomic mass is 19.1. The fourth-order valence-electron chi connectivity index (χ4n) is 0.935. The van der Waals surface area contributed by atoms with E-state index in [2.05, 4.69) is 4.74 Å². The Balaban J connectivity index is 2.83. The van der Waals surface area contributed by atoms with Gasteiger partial charge in [-0.15, -0.1) is 0 Å². The molecule has 4 heteroatoms. The maximum absolute atomic E-state index is 13.1. The minimum Gasteiger partial charge on any atom is -0.469 e. The Morgan fingerprint density at radius 3 is 2.85 bits per heavy atom. The molecule has 70 valence electrons. The average molecular weight is 183 g/mol. The second kappa shape index (κ2) is 3.89. The SMILES string of the molecule is COC(=O)Cc1ccc(N)cc1F. The van der Waals surface area contributed by atoms with Crippen LogP contribution in [0.25, 0.3) is 0 Å². The summed E-state index contributed by atoms with van der Waals surface area (Å²) < 4.78 is 17.5. The van der Waals surface area contributed by atoms with Gasteiger partial charge in [-0.3, -0.25) is 4.79 Å². The van der Waals surface area contributed by atoms with Gasteiger partial charge in [-0.1, -0.05) is 6.07 Å². The van der Waals surface area contributed by atoms with Gasteiger partial charge in [-0.25, -0.2) is 4.39 Å². The van der Waals surface area contributed by atoms with E-state index in [0.29, 0.717) is 11.3 Å². The quantitative estimate of drug-likeness (QED) is 0.552. The number of esters is 1. The lowest BCUT2D eigenvalue weighted by Gasteiger charge is -2.02. The highest BCUT2D eigenvalue weighted by molar-refractivity contribution is 5.72. The van der Waals surface area contributed by atoms with Crippen molar-refractivity contribution in [1.29, 1.82) is 0 Å². The van der Waals surface area contributed by atoms with E-state index in [0.717, 1.165) is 0 Å². The number of nitrogen functional groups attached to an aromatic ring is 1. The van der Waals surface area contributed by atoms with E-state index < -0.39 is 11.8 Å². The molecule has 2 N–H and O–H groups in total. The van der Waals surface area contributed by atoms with Crippen molar-refractivity contribution < 1.29 is 13.9 Å². The number of hydrogen-bond donors (Lipinski definition) is 1. The van der Waals surface area contributed by atoms with Gasteiger partial charge in [0.15, 0.2) is 0 Å². The van der Waals surface area contributed by atoms with Gasteiger partial charge in [0.2, 0.25) is 0 Å². The van der Waals surface area contributed by atoms with Crippen LogP contribution in [0, 0.1) is 5.82 Å². The van der Waals surface area contributed by atoms with Gasteiger partial charge in [0.1, 0.15) is 5.82 Å². The molecule has 0 fully saturated rings. The molecule has 0 atom stereocenters. The van der Waals surface area contributed by atoms with Crippen LogP contribution in [-0.4, -0.2) is 13.1 Å². The maximum atomic E-state index is 13.1. The van der Waals surface area contributed by atoms with Gasteiger partial charge >= 0.3 is 5.97 Å². The second-order valence-electron chi connectivity index (χ2n) is 2.60. The molecule has 0 bridgehead atoms. The smallest absolute Gasteiger partial charge is 0.310 e. The molecule has 0 radical (unpaired) electrons. The third-order valence-corrected chi connectivity index (χ3v) is 1.64. The third-order valence-electron chi connectivity index (χ3n) is 1.64. The Hall–Kier alpha value is -1.58. The van der Waals surface area contributed by atoms with Crippen LogP contribution < -0.4 is 5.73 Å². The lowest BCUT2D eigenvalue weighted by atomic mass is 10.1. The van der Waals surface area contributed by atoms with Crippen LogP contribution in [0.3, 0.4) is 0 Å². The largest absolute Gasteiger partial charge is 0.469 e. The van der Waals surface area contributed by atoms with Gasteiger partial charge in [-0.2, -0.15) is 0 Å². The predicted molar refractivity (Wildman–Crippen MR) is 46.5 cm³/mol. The van der Waals surface area contributed by atoms with Gasteiger partial charge in [0.25, 0.3) is 0 Å². The predicted octanol–water partition coefficient (Wildman–Crippen LogP) is 1.12. The first-order valence-corrected chi connectivity index (χ1v) is 3.74. The summed E-state index contributed by atoms with van der Waals surface area (Å²) in [5.74, 6) is -0.950. The zero-order valence-electron chi connectivity index (χ0n) is 7.21. The van der Waals surface area contributed by atoms with Crippen molar-refractivity contribution in [3.05, 3.63) is 29.6 Å². The van der Waals surface area contributed by atoms with E-state index in [1.54, 1.807) is 6.07 Å². The summed E-state index contributed by atoms with van der Waals surface area (Å²) in [5, 5.41) is 0. The molecule has 0 amide bonds. The number of ether oxygens (including phenoxy) is 1. The molecule has 0 unspecified atom stereocenters. The van der Waals surface area contributed by atoms with Crippen LogP contribution in [0.1, 0.15) is 5.56 Å². The van der Waals surface area contributed by atoms with Crippen molar-refractivity contribution >= 4 is 11.7 Å². The van der Waals surface area contributed by atoms with Crippen LogP contribution in [0.2, 0.25) is 0 Å². The number of benzene rings is 1. The molecular weight excluding hydrogens is 173 g/mol. The fraction of sp³-hybridized carbons (Fsp3) is 0.222. The molecule has 0 aliphatic carbocycles. The Bertz CT molecular complexity index is 325. The lowest BCUT2D eigenvalue weighted by Crippen LogP contribution is -2.06. The first kappa shape index (κ1) is 9.51. The number of methoxy groups -OCH3 is 1. The molecule has 3 nitrogen and oxygen atoms in total. The summed E-state index contributed by atoms with van der Waals surface area (Å²) in [7, 11) is 1.26. The zero-order chi connectivity index (χ0) is 9.84. The summed E-state index contributed by atoms with van der Waals surface area (Å²) in [6, 6.07) is 4.20. The number of anilines is 1. The normalized spacial score (nSPS) is 9.69. The molecule has 0 saturated carbocycles. The van der Waals surface area contributed by atoms with E-state index in [9.17, 15) is 9.18 Å². The minimum atomic E-state index is -0.481. The van der Waals surface area contributed by atoms with Crippen molar-refractivity contribution in [2.24, 2.45) is 0 Å². The Morgan fingerprint density at radius 2 is 2.31 bits per heavy atom. The van der Waals surface area contributed by atoms with E-state index in [4.69, 9.17) is 5.73 Å². The molecule has 0 spiro atoms. The Labute approximate surface area is 75.3 Å². The highest BCUT2D eigenvalue weighted by Gasteiger charge is 2.07. The van der Waals surface area contributed by atoms with Crippen LogP contribution in [0.5, 0.6) is 0 Å². The number of hydrogen-bond acceptors (Lipinski definition) is 3. The topological polar surface area (TPSA) is 52.3 Å². The Morgan fingerprint density at radius 1 is 1.62 bits per heavy atom. The second-order valence-corrected chi connectivity index (χ2v) is 2.60. The fourth-order valence-corrected chi connectivity index (χ4v) is 0.935. The van der Waals surface area contributed by atoms with Crippen LogP contribution in [0.15, 0.2) is 18.2 Å². The molecule has 0 aliphatic rings. The molecule has 1 aromatic rings. The molecule has 0 saturated heterocycles. The maximum Gasteiger partial charge on any atom is 0.310 e. The first-order chi connectivity index (χ1) is 6.13. The summed E-state index contributed by atoms with van der Waals surface area (Å²) in [5.41, 5.74) is 5.97. The standard InChI is InChI=1S/C9H10FNO2/c1-13-9(12)4-6-2-3-7(11)5-8(6)10/h2-3,5H,4,11H2,1H3. The molecular formula is C9H10FNO2. The van der Waals surface area contributed by atoms with Gasteiger partial charge in [-0.05, 0) is 17.7 Å². The van der Waals surface area contributed by atoms with Gasteiger partial charge in [0.05, 0.1) is 13.5 Å².